The maximum atomic E-state index is 8.75. The van der Waals surface area contributed by atoms with Crippen molar-refractivity contribution in [3.8, 4) is 11.1 Å². The Morgan fingerprint density at radius 2 is 1.27 bits per heavy atom. The van der Waals surface area contributed by atoms with Gasteiger partial charge in [-0.15, -0.1) is 0 Å². The number of rotatable bonds is 7. The van der Waals surface area contributed by atoms with Crippen LogP contribution in [0, 0.1) is 12.3 Å². The van der Waals surface area contributed by atoms with Crippen molar-refractivity contribution < 1.29 is 0 Å². The van der Waals surface area contributed by atoms with Crippen molar-refractivity contribution in [3.05, 3.63) is 126 Å². The van der Waals surface area contributed by atoms with Crippen LogP contribution in [0.15, 0.2) is 109 Å². The summed E-state index contributed by atoms with van der Waals surface area (Å²) in [6, 6.07) is 37.5. The lowest BCUT2D eigenvalue weighted by Crippen LogP contribution is -2.16. The van der Waals surface area contributed by atoms with Crippen molar-refractivity contribution in [2.45, 2.75) is 19.4 Å². The highest BCUT2D eigenvalue weighted by molar-refractivity contribution is 5.99. The molecule has 0 aliphatic heterocycles. The average Bonchev–Trinajstić information content (AvgIpc) is 2.80. The van der Waals surface area contributed by atoms with E-state index in [1.165, 1.54) is 22.3 Å². The maximum Gasteiger partial charge on any atom is 0.0569 e. The molecule has 4 aromatic rings. The van der Waals surface area contributed by atoms with E-state index in [2.05, 4.69) is 85.0 Å². The van der Waals surface area contributed by atoms with Crippen LogP contribution in [0.3, 0.4) is 0 Å². The van der Waals surface area contributed by atoms with Crippen LogP contribution in [0.4, 0.5) is 5.69 Å². The lowest BCUT2D eigenvalue weighted by Gasteiger charge is -2.21. The molecular formula is C28H26N2. The van der Waals surface area contributed by atoms with Crippen LogP contribution in [0.25, 0.3) is 11.1 Å². The lowest BCUT2D eigenvalue weighted by atomic mass is 9.95. The predicted molar refractivity (Wildman–Crippen MR) is 127 cm³/mol. The molecule has 1 unspecified atom stereocenters. The normalized spacial score (nSPS) is 11.6. The molecule has 0 saturated carbocycles. The first-order valence-electron chi connectivity index (χ1n) is 10.3. The Balaban J connectivity index is 1.54. The van der Waals surface area contributed by atoms with Crippen LogP contribution < -0.4 is 5.32 Å². The molecule has 4 aromatic carbocycles. The second-order valence-electron chi connectivity index (χ2n) is 7.60. The number of anilines is 1. The maximum absolute atomic E-state index is 8.75. The summed E-state index contributed by atoms with van der Waals surface area (Å²) >= 11 is 0. The van der Waals surface area contributed by atoms with Gasteiger partial charge in [-0.2, -0.15) is 0 Å². The van der Waals surface area contributed by atoms with E-state index in [0.29, 0.717) is 12.1 Å². The van der Waals surface area contributed by atoms with Crippen LogP contribution in [-0.2, 0) is 0 Å². The van der Waals surface area contributed by atoms with E-state index in [0.717, 1.165) is 11.3 Å². The molecule has 4 rings (SSSR count). The van der Waals surface area contributed by atoms with Crippen LogP contribution in [0.5, 0.6) is 0 Å². The van der Waals surface area contributed by atoms with Gasteiger partial charge in [-0.25, -0.2) is 0 Å². The van der Waals surface area contributed by atoms with Gasteiger partial charge in [0.05, 0.1) is 6.04 Å². The first-order chi connectivity index (χ1) is 14.7. The largest absolute Gasteiger partial charge is 0.378 e. The molecule has 0 radical (unpaired) electrons. The summed E-state index contributed by atoms with van der Waals surface area (Å²) < 4.78 is 0. The number of nitrogens with one attached hydrogen (secondary N) is 2. The SMILES string of the molecule is Cc1ccc(C(CC(=N)c2ccc(-c3ccccc3)cc2)Nc2ccccc2)cc1. The number of para-hydroxylation sites is 1. The fourth-order valence-corrected chi connectivity index (χ4v) is 3.60. The zero-order valence-electron chi connectivity index (χ0n) is 17.2. The number of hydrogen-bond donors (Lipinski definition) is 2. The van der Waals surface area contributed by atoms with Gasteiger partial charge in [0.1, 0.15) is 0 Å². The Morgan fingerprint density at radius 3 is 1.90 bits per heavy atom. The van der Waals surface area contributed by atoms with E-state index in [9.17, 15) is 0 Å². The van der Waals surface area contributed by atoms with E-state index in [4.69, 9.17) is 5.41 Å². The van der Waals surface area contributed by atoms with Crippen molar-refractivity contribution in [2.24, 2.45) is 0 Å². The second kappa shape index (κ2) is 9.23. The Labute approximate surface area is 178 Å². The first-order valence-corrected chi connectivity index (χ1v) is 10.3. The monoisotopic (exact) mass is 390 g/mol. The second-order valence-corrected chi connectivity index (χ2v) is 7.60. The molecule has 0 fully saturated rings. The summed E-state index contributed by atoms with van der Waals surface area (Å²) in [6.07, 6.45) is 0.614. The van der Waals surface area contributed by atoms with Gasteiger partial charge in [0.25, 0.3) is 0 Å². The molecule has 30 heavy (non-hydrogen) atoms. The Kier molecular flexibility index (Phi) is 6.05. The lowest BCUT2D eigenvalue weighted by molar-refractivity contribution is 0.819. The smallest absolute Gasteiger partial charge is 0.0569 e. The minimum absolute atomic E-state index is 0.0364. The molecule has 0 bridgehead atoms. The van der Waals surface area contributed by atoms with Gasteiger partial charge in [-0.3, -0.25) is 0 Å². The van der Waals surface area contributed by atoms with E-state index in [-0.39, 0.29) is 6.04 Å². The van der Waals surface area contributed by atoms with Gasteiger partial charge in [0.2, 0.25) is 0 Å². The topological polar surface area (TPSA) is 35.9 Å². The van der Waals surface area contributed by atoms with E-state index in [1.54, 1.807) is 0 Å². The summed E-state index contributed by atoms with van der Waals surface area (Å²) in [5.74, 6) is 0. The molecule has 0 amide bonds. The minimum Gasteiger partial charge on any atom is -0.378 e. The van der Waals surface area contributed by atoms with Gasteiger partial charge in [0, 0.05) is 17.8 Å². The molecule has 148 valence electrons. The summed E-state index contributed by atoms with van der Waals surface area (Å²) in [7, 11) is 0. The van der Waals surface area contributed by atoms with Crippen molar-refractivity contribution in [1.82, 2.24) is 0 Å². The third-order valence-electron chi connectivity index (χ3n) is 5.34. The average molecular weight is 391 g/mol. The van der Waals surface area contributed by atoms with E-state index < -0.39 is 0 Å². The quantitative estimate of drug-likeness (QED) is 0.320. The van der Waals surface area contributed by atoms with Crippen molar-refractivity contribution in [1.29, 1.82) is 5.41 Å². The van der Waals surface area contributed by atoms with Crippen LogP contribution in [0.2, 0.25) is 0 Å². The highest BCUT2D eigenvalue weighted by Crippen LogP contribution is 2.26. The minimum atomic E-state index is 0.0364. The van der Waals surface area contributed by atoms with Crippen molar-refractivity contribution in [3.63, 3.8) is 0 Å². The third-order valence-corrected chi connectivity index (χ3v) is 5.34. The Morgan fingerprint density at radius 1 is 0.700 bits per heavy atom. The van der Waals surface area contributed by atoms with Gasteiger partial charge >= 0.3 is 0 Å². The Hall–Kier alpha value is -3.65. The fourth-order valence-electron chi connectivity index (χ4n) is 3.60. The molecule has 2 heteroatoms. The van der Waals surface area contributed by atoms with Gasteiger partial charge < -0.3 is 10.7 Å². The van der Waals surface area contributed by atoms with E-state index >= 15 is 0 Å². The molecule has 0 saturated heterocycles. The zero-order valence-corrected chi connectivity index (χ0v) is 17.2. The molecule has 0 aromatic heterocycles. The number of hydrogen-bond acceptors (Lipinski definition) is 2. The molecule has 2 N–H and O–H groups in total. The van der Waals surface area contributed by atoms with Crippen molar-refractivity contribution >= 4 is 11.4 Å². The molecular weight excluding hydrogens is 364 g/mol. The first kappa shape index (κ1) is 19.7. The molecule has 2 nitrogen and oxygen atoms in total. The molecule has 0 aliphatic carbocycles. The standard InChI is InChI=1S/C28H26N2/c1-21-12-14-25(15-13-21)28(30-26-10-6-3-7-11-26)20-27(29)24-18-16-23(17-19-24)22-8-4-2-5-9-22/h2-19,28-30H,20H2,1H3. The molecule has 1 atom stereocenters. The van der Waals surface area contributed by atoms with E-state index in [1.807, 2.05) is 36.4 Å². The molecule has 0 aliphatic rings. The predicted octanol–water partition coefficient (Wildman–Crippen LogP) is 7.27. The van der Waals surface area contributed by atoms with Crippen molar-refractivity contribution in [2.75, 3.05) is 5.32 Å². The molecule has 0 heterocycles. The van der Waals surface area contributed by atoms with Gasteiger partial charge in [-0.05, 0) is 41.3 Å². The number of aryl methyl sites for hydroxylation is 1. The van der Waals surface area contributed by atoms with Crippen LogP contribution in [0.1, 0.15) is 29.2 Å². The van der Waals surface area contributed by atoms with Crippen LogP contribution >= 0.6 is 0 Å². The highest BCUT2D eigenvalue weighted by atomic mass is 14.9. The number of benzene rings is 4. The fraction of sp³-hybridized carbons (Fsp3) is 0.107. The highest BCUT2D eigenvalue weighted by Gasteiger charge is 2.15. The Bertz CT molecular complexity index is 1080. The molecule has 0 spiro atoms. The summed E-state index contributed by atoms with van der Waals surface area (Å²) in [4.78, 5) is 0. The summed E-state index contributed by atoms with van der Waals surface area (Å²) in [6.45, 7) is 2.10. The van der Waals surface area contributed by atoms with Gasteiger partial charge in [-0.1, -0.05) is 103 Å². The summed E-state index contributed by atoms with van der Waals surface area (Å²) in [5.41, 5.74) is 7.45. The zero-order chi connectivity index (χ0) is 20.8. The van der Waals surface area contributed by atoms with Crippen LogP contribution in [-0.4, -0.2) is 5.71 Å². The summed E-state index contributed by atoms with van der Waals surface area (Å²) in [5, 5.41) is 12.4. The third kappa shape index (κ3) is 4.84. The van der Waals surface area contributed by atoms with Gasteiger partial charge in [0.15, 0.2) is 0 Å².